The van der Waals surface area contributed by atoms with E-state index in [0.29, 0.717) is 5.58 Å². The molecule has 0 fully saturated rings. The zero-order valence-electron chi connectivity index (χ0n) is 11.0. The Morgan fingerprint density at radius 1 is 1.35 bits per heavy atom. The van der Waals surface area contributed by atoms with Crippen LogP contribution in [0.4, 0.5) is 11.5 Å². The van der Waals surface area contributed by atoms with E-state index in [1.54, 1.807) is 19.3 Å². The van der Waals surface area contributed by atoms with Crippen LogP contribution in [0.25, 0.3) is 11.1 Å². The molecule has 0 bridgehead atoms. The van der Waals surface area contributed by atoms with Crippen LogP contribution in [0.2, 0.25) is 0 Å². The van der Waals surface area contributed by atoms with E-state index in [1.165, 1.54) is 4.57 Å². The number of benzene rings is 1. The van der Waals surface area contributed by atoms with Crippen LogP contribution in [0.5, 0.6) is 0 Å². The van der Waals surface area contributed by atoms with Crippen LogP contribution < -0.4 is 11.1 Å². The van der Waals surface area contributed by atoms with Crippen molar-refractivity contribution in [1.29, 1.82) is 0 Å². The normalized spacial score (nSPS) is 10.9. The van der Waals surface area contributed by atoms with Crippen LogP contribution in [-0.2, 0) is 7.05 Å². The lowest BCUT2D eigenvalue weighted by Crippen LogP contribution is -2.08. The number of halogens is 1. The number of rotatable bonds is 2. The molecule has 0 unspecified atom stereocenters. The molecule has 0 saturated carbocycles. The summed E-state index contributed by atoms with van der Waals surface area (Å²) in [4.78, 5) is 15.8. The molecular weight excluding hydrogens is 322 g/mol. The van der Waals surface area contributed by atoms with Crippen LogP contribution >= 0.6 is 15.9 Å². The average Bonchev–Trinajstić information content (AvgIpc) is 2.69. The minimum absolute atomic E-state index is 0.366. The minimum Gasteiger partial charge on any atom is -0.408 e. The van der Waals surface area contributed by atoms with Crippen molar-refractivity contribution in [2.75, 3.05) is 5.32 Å². The molecule has 0 saturated heterocycles. The van der Waals surface area contributed by atoms with E-state index in [4.69, 9.17) is 4.42 Å². The summed E-state index contributed by atoms with van der Waals surface area (Å²) < 4.78 is 7.51. The Morgan fingerprint density at radius 2 is 2.15 bits per heavy atom. The van der Waals surface area contributed by atoms with Gasteiger partial charge in [0, 0.05) is 23.4 Å². The standard InChI is InChI=1S/C14H12BrN3O2/c1-8-5-9(15)7-16-13(8)17-10-3-4-12-11(6-10)18(2)14(19)20-12/h3-7H,1-2H3,(H,16,17). The van der Waals surface area contributed by atoms with Gasteiger partial charge in [-0.2, -0.15) is 0 Å². The fourth-order valence-corrected chi connectivity index (χ4v) is 2.46. The third-order valence-electron chi connectivity index (χ3n) is 3.10. The SMILES string of the molecule is Cc1cc(Br)cnc1Nc1ccc2oc(=O)n(C)c2c1. The second kappa shape index (κ2) is 4.79. The highest BCUT2D eigenvalue weighted by atomic mass is 79.9. The number of oxazole rings is 1. The largest absolute Gasteiger partial charge is 0.419 e. The maximum atomic E-state index is 11.5. The molecule has 20 heavy (non-hydrogen) atoms. The summed E-state index contributed by atoms with van der Waals surface area (Å²) >= 11 is 3.39. The van der Waals surface area contributed by atoms with E-state index in [9.17, 15) is 4.79 Å². The Hall–Kier alpha value is -2.08. The number of nitrogens with one attached hydrogen (secondary N) is 1. The first-order chi connectivity index (χ1) is 9.54. The highest BCUT2D eigenvalue weighted by Crippen LogP contribution is 2.23. The number of aryl methyl sites for hydroxylation is 2. The molecular formula is C14H12BrN3O2. The predicted molar refractivity (Wildman–Crippen MR) is 81.4 cm³/mol. The molecule has 6 heteroatoms. The fraction of sp³-hybridized carbons (Fsp3) is 0.143. The Kier molecular flexibility index (Phi) is 3.10. The molecule has 0 aliphatic rings. The van der Waals surface area contributed by atoms with Gasteiger partial charge in [-0.05, 0) is 52.7 Å². The molecule has 0 aliphatic carbocycles. The summed E-state index contributed by atoms with van der Waals surface area (Å²) in [5.74, 6) is 0.413. The summed E-state index contributed by atoms with van der Waals surface area (Å²) in [6, 6.07) is 7.48. The Balaban J connectivity index is 2.02. The number of pyridine rings is 1. The van der Waals surface area contributed by atoms with Crippen LogP contribution in [0.15, 0.2) is 44.1 Å². The molecule has 0 aliphatic heterocycles. The molecule has 1 aromatic carbocycles. The van der Waals surface area contributed by atoms with Gasteiger partial charge in [0.2, 0.25) is 0 Å². The number of hydrogen-bond acceptors (Lipinski definition) is 4. The van der Waals surface area contributed by atoms with Gasteiger partial charge >= 0.3 is 5.76 Å². The molecule has 0 spiro atoms. The summed E-state index contributed by atoms with van der Waals surface area (Å²) in [6.45, 7) is 1.98. The summed E-state index contributed by atoms with van der Waals surface area (Å²) in [7, 11) is 1.68. The predicted octanol–water partition coefficient (Wildman–Crippen LogP) is 3.34. The first-order valence-electron chi connectivity index (χ1n) is 6.03. The molecule has 3 aromatic rings. The van der Waals surface area contributed by atoms with E-state index in [-0.39, 0.29) is 5.76 Å². The highest BCUT2D eigenvalue weighted by Gasteiger charge is 2.07. The third kappa shape index (κ3) is 2.22. The van der Waals surface area contributed by atoms with Gasteiger partial charge in [-0.3, -0.25) is 4.57 Å². The second-order valence-electron chi connectivity index (χ2n) is 4.55. The quantitative estimate of drug-likeness (QED) is 0.781. The zero-order valence-corrected chi connectivity index (χ0v) is 12.6. The second-order valence-corrected chi connectivity index (χ2v) is 5.47. The number of nitrogens with zero attached hydrogens (tertiary/aromatic N) is 2. The third-order valence-corrected chi connectivity index (χ3v) is 3.53. The highest BCUT2D eigenvalue weighted by molar-refractivity contribution is 9.10. The lowest BCUT2D eigenvalue weighted by Gasteiger charge is -2.08. The van der Waals surface area contributed by atoms with Crippen molar-refractivity contribution >= 4 is 38.5 Å². The van der Waals surface area contributed by atoms with Crippen molar-refractivity contribution in [1.82, 2.24) is 9.55 Å². The van der Waals surface area contributed by atoms with Crippen molar-refractivity contribution in [3.8, 4) is 0 Å². The van der Waals surface area contributed by atoms with E-state index in [1.807, 2.05) is 25.1 Å². The average molecular weight is 334 g/mol. The zero-order chi connectivity index (χ0) is 14.3. The number of hydrogen-bond donors (Lipinski definition) is 1. The number of anilines is 2. The smallest absolute Gasteiger partial charge is 0.408 e. The van der Waals surface area contributed by atoms with Crippen molar-refractivity contribution in [2.45, 2.75) is 6.92 Å². The topological polar surface area (TPSA) is 60.1 Å². The summed E-state index contributed by atoms with van der Waals surface area (Å²) in [5.41, 5.74) is 3.20. The van der Waals surface area contributed by atoms with Crippen molar-refractivity contribution in [3.63, 3.8) is 0 Å². The Morgan fingerprint density at radius 3 is 2.90 bits per heavy atom. The van der Waals surface area contributed by atoms with E-state index in [2.05, 4.69) is 26.2 Å². The monoisotopic (exact) mass is 333 g/mol. The molecule has 3 rings (SSSR count). The molecule has 102 valence electrons. The molecule has 2 aromatic heterocycles. The Labute approximate surface area is 123 Å². The van der Waals surface area contributed by atoms with Gasteiger partial charge in [-0.1, -0.05) is 0 Å². The van der Waals surface area contributed by atoms with Gasteiger partial charge in [0.25, 0.3) is 0 Å². The molecule has 0 amide bonds. The van der Waals surface area contributed by atoms with Gasteiger partial charge < -0.3 is 9.73 Å². The lowest BCUT2D eigenvalue weighted by molar-refractivity contribution is 0.528. The molecule has 0 radical (unpaired) electrons. The molecule has 5 nitrogen and oxygen atoms in total. The van der Waals surface area contributed by atoms with Crippen LogP contribution in [0.3, 0.4) is 0 Å². The van der Waals surface area contributed by atoms with Crippen LogP contribution in [0.1, 0.15) is 5.56 Å². The molecule has 1 N–H and O–H groups in total. The van der Waals surface area contributed by atoms with Gasteiger partial charge in [0.05, 0.1) is 5.52 Å². The maximum Gasteiger partial charge on any atom is 0.419 e. The van der Waals surface area contributed by atoms with E-state index >= 15 is 0 Å². The summed E-state index contributed by atoms with van der Waals surface area (Å²) in [5, 5.41) is 3.24. The first-order valence-corrected chi connectivity index (χ1v) is 6.82. The van der Waals surface area contributed by atoms with Crippen molar-refractivity contribution in [3.05, 3.63) is 51.0 Å². The van der Waals surface area contributed by atoms with Crippen LogP contribution in [-0.4, -0.2) is 9.55 Å². The number of fused-ring (bicyclic) bond motifs is 1. The van der Waals surface area contributed by atoms with Gasteiger partial charge in [-0.25, -0.2) is 9.78 Å². The Bertz CT molecular complexity index is 851. The van der Waals surface area contributed by atoms with Crippen molar-refractivity contribution < 1.29 is 4.42 Å². The van der Waals surface area contributed by atoms with Gasteiger partial charge in [-0.15, -0.1) is 0 Å². The van der Waals surface area contributed by atoms with Gasteiger partial charge in [0.15, 0.2) is 5.58 Å². The molecule has 2 heterocycles. The van der Waals surface area contributed by atoms with Crippen molar-refractivity contribution in [2.24, 2.45) is 7.05 Å². The van der Waals surface area contributed by atoms with Crippen LogP contribution in [0, 0.1) is 6.92 Å². The van der Waals surface area contributed by atoms with E-state index in [0.717, 1.165) is 27.1 Å². The minimum atomic E-state index is -0.366. The van der Waals surface area contributed by atoms with Gasteiger partial charge in [0.1, 0.15) is 5.82 Å². The summed E-state index contributed by atoms with van der Waals surface area (Å²) in [6.07, 6.45) is 1.74. The molecule has 0 atom stereocenters. The number of aromatic nitrogens is 2. The maximum absolute atomic E-state index is 11.5. The first kappa shape index (κ1) is 12.9. The fourth-order valence-electron chi connectivity index (χ4n) is 2.01. The lowest BCUT2D eigenvalue weighted by atomic mass is 10.2. The van der Waals surface area contributed by atoms with E-state index < -0.39 is 0 Å².